The largest absolute Gasteiger partial charge is 0.342 e. The van der Waals surface area contributed by atoms with Gasteiger partial charge in [0.15, 0.2) is 0 Å². The number of pyridine rings is 1. The van der Waals surface area contributed by atoms with Gasteiger partial charge in [-0.15, -0.1) is 0 Å². The third-order valence-corrected chi connectivity index (χ3v) is 3.68. The molecule has 1 N–H and O–H groups in total. The topological polar surface area (TPSA) is 59.8 Å². The van der Waals surface area contributed by atoms with E-state index in [1.165, 1.54) is 0 Å². The number of rotatable bonds is 4. The van der Waals surface area contributed by atoms with Crippen LogP contribution in [-0.2, 0) is 7.05 Å². The molecule has 0 spiro atoms. The van der Waals surface area contributed by atoms with E-state index in [0.29, 0.717) is 11.6 Å². The summed E-state index contributed by atoms with van der Waals surface area (Å²) >= 11 is 0. The first kappa shape index (κ1) is 12.8. The molecule has 1 saturated carbocycles. The van der Waals surface area contributed by atoms with Gasteiger partial charge in [-0.3, -0.25) is 9.78 Å². The van der Waals surface area contributed by atoms with Gasteiger partial charge in [0.05, 0.1) is 24.3 Å². The van der Waals surface area contributed by atoms with Crippen molar-refractivity contribution in [2.24, 2.45) is 13.0 Å². The van der Waals surface area contributed by atoms with Crippen LogP contribution in [0.1, 0.15) is 40.6 Å². The number of carbonyl (C=O) groups excluding carboxylic acids is 1. The lowest BCUT2D eigenvalue weighted by Crippen LogP contribution is -2.31. The Kier molecular flexibility index (Phi) is 3.26. The Morgan fingerprint density at radius 2 is 2.30 bits per heavy atom. The standard InChI is InChI=1S/C15H18N4O/c1-10-5-6-17-12(7-10)14(11-3-4-11)18-15(20)13-8-16-9-19(13)2/h5-9,11,14H,3-4H2,1-2H3,(H,18,20)/t14-/m1/s1. The van der Waals surface area contributed by atoms with Crippen molar-refractivity contribution in [1.29, 1.82) is 0 Å². The molecule has 2 heterocycles. The second-order valence-electron chi connectivity index (χ2n) is 5.44. The number of carbonyl (C=O) groups is 1. The molecular weight excluding hydrogens is 252 g/mol. The number of nitrogens with zero attached hydrogens (tertiary/aromatic N) is 3. The predicted octanol–water partition coefficient (Wildman–Crippen LogP) is 2.00. The Hall–Kier alpha value is -2.17. The van der Waals surface area contributed by atoms with E-state index in [2.05, 4.69) is 15.3 Å². The zero-order valence-electron chi connectivity index (χ0n) is 11.7. The lowest BCUT2D eigenvalue weighted by molar-refractivity contribution is 0.0922. The van der Waals surface area contributed by atoms with Crippen LogP contribution in [0.25, 0.3) is 0 Å². The average molecular weight is 270 g/mol. The predicted molar refractivity (Wildman–Crippen MR) is 75.1 cm³/mol. The molecular formula is C15H18N4O. The van der Waals surface area contributed by atoms with Crippen LogP contribution < -0.4 is 5.32 Å². The van der Waals surface area contributed by atoms with Gasteiger partial charge in [-0.1, -0.05) is 0 Å². The molecule has 1 fully saturated rings. The normalized spacial score (nSPS) is 15.9. The van der Waals surface area contributed by atoms with Gasteiger partial charge in [-0.2, -0.15) is 0 Å². The maximum Gasteiger partial charge on any atom is 0.270 e. The van der Waals surface area contributed by atoms with Crippen molar-refractivity contribution in [3.05, 3.63) is 47.8 Å². The number of amides is 1. The molecule has 0 aromatic carbocycles. The summed E-state index contributed by atoms with van der Waals surface area (Å²) in [5.74, 6) is 0.409. The minimum atomic E-state index is -0.0924. The summed E-state index contributed by atoms with van der Waals surface area (Å²) in [5.41, 5.74) is 2.68. The highest BCUT2D eigenvalue weighted by atomic mass is 16.2. The molecule has 20 heavy (non-hydrogen) atoms. The maximum atomic E-state index is 12.3. The second kappa shape index (κ2) is 5.07. The quantitative estimate of drug-likeness (QED) is 0.924. The van der Waals surface area contributed by atoms with Gasteiger partial charge < -0.3 is 9.88 Å². The zero-order valence-corrected chi connectivity index (χ0v) is 11.7. The zero-order chi connectivity index (χ0) is 14.1. The number of nitrogens with one attached hydrogen (secondary N) is 1. The van der Waals surface area contributed by atoms with Gasteiger partial charge in [0.25, 0.3) is 5.91 Å². The number of aryl methyl sites for hydroxylation is 2. The summed E-state index contributed by atoms with van der Waals surface area (Å²) in [6, 6.07) is 4.01. The van der Waals surface area contributed by atoms with Crippen molar-refractivity contribution in [2.45, 2.75) is 25.8 Å². The SMILES string of the molecule is Cc1ccnc([C@H](NC(=O)c2cncn2C)C2CC2)c1. The van der Waals surface area contributed by atoms with Crippen molar-refractivity contribution in [3.8, 4) is 0 Å². The summed E-state index contributed by atoms with van der Waals surface area (Å²) in [7, 11) is 1.82. The number of imidazole rings is 1. The molecule has 0 bridgehead atoms. The van der Waals surface area contributed by atoms with E-state index in [9.17, 15) is 4.79 Å². The van der Waals surface area contributed by atoms with Crippen LogP contribution in [0.2, 0.25) is 0 Å². The first-order chi connectivity index (χ1) is 9.65. The summed E-state index contributed by atoms with van der Waals surface area (Å²) in [6.45, 7) is 2.04. The molecule has 5 nitrogen and oxygen atoms in total. The molecule has 104 valence electrons. The molecule has 0 saturated heterocycles. The first-order valence-corrected chi connectivity index (χ1v) is 6.85. The molecule has 5 heteroatoms. The molecule has 1 aliphatic rings. The monoisotopic (exact) mass is 270 g/mol. The summed E-state index contributed by atoms with van der Waals surface area (Å²) in [6.07, 6.45) is 7.31. The number of hydrogen-bond donors (Lipinski definition) is 1. The van der Waals surface area contributed by atoms with Crippen molar-refractivity contribution in [1.82, 2.24) is 19.9 Å². The van der Waals surface area contributed by atoms with Crippen LogP contribution in [0, 0.1) is 12.8 Å². The Morgan fingerprint density at radius 3 is 2.90 bits per heavy atom. The minimum absolute atomic E-state index is 0.00250. The molecule has 0 aliphatic heterocycles. The van der Waals surface area contributed by atoms with Crippen LogP contribution in [0.15, 0.2) is 30.9 Å². The summed E-state index contributed by atoms with van der Waals surface area (Å²) in [5, 5.41) is 3.10. The lowest BCUT2D eigenvalue weighted by Gasteiger charge is -2.18. The molecule has 0 unspecified atom stereocenters. The Bertz CT molecular complexity index is 630. The highest BCUT2D eigenvalue weighted by Crippen LogP contribution is 2.40. The second-order valence-corrected chi connectivity index (χ2v) is 5.44. The van der Waals surface area contributed by atoms with E-state index >= 15 is 0 Å². The first-order valence-electron chi connectivity index (χ1n) is 6.85. The van der Waals surface area contributed by atoms with Crippen LogP contribution in [0.5, 0.6) is 0 Å². The lowest BCUT2D eigenvalue weighted by atomic mass is 10.1. The van der Waals surface area contributed by atoms with Gasteiger partial charge in [0.2, 0.25) is 0 Å². The van der Waals surface area contributed by atoms with E-state index in [1.54, 1.807) is 23.3 Å². The Morgan fingerprint density at radius 1 is 1.50 bits per heavy atom. The highest BCUT2D eigenvalue weighted by Gasteiger charge is 2.34. The van der Waals surface area contributed by atoms with Crippen molar-refractivity contribution in [2.75, 3.05) is 0 Å². The molecule has 0 radical (unpaired) electrons. The maximum absolute atomic E-state index is 12.3. The van der Waals surface area contributed by atoms with E-state index in [0.717, 1.165) is 24.1 Å². The molecule has 3 rings (SSSR count). The van der Waals surface area contributed by atoms with E-state index in [4.69, 9.17) is 0 Å². The van der Waals surface area contributed by atoms with Gasteiger partial charge in [0.1, 0.15) is 5.69 Å². The number of hydrogen-bond acceptors (Lipinski definition) is 3. The van der Waals surface area contributed by atoms with Crippen LogP contribution >= 0.6 is 0 Å². The van der Waals surface area contributed by atoms with Gasteiger partial charge in [-0.05, 0) is 43.4 Å². The van der Waals surface area contributed by atoms with Crippen molar-refractivity contribution < 1.29 is 4.79 Å². The summed E-state index contributed by atoms with van der Waals surface area (Å²) < 4.78 is 1.73. The Labute approximate surface area is 118 Å². The van der Waals surface area contributed by atoms with E-state index in [1.807, 2.05) is 26.1 Å². The average Bonchev–Trinajstić information content (AvgIpc) is 3.17. The smallest absolute Gasteiger partial charge is 0.270 e. The van der Waals surface area contributed by atoms with Crippen molar-refractivity contribution >= 4 is 5.91 Å². The van der Waals surface area contributed by atoms with E-state index < -0.39 is 0 Å². The van der Waals surface area contributed by atoms with Gasteiger partial charge in [-0.25, -0.2) is 4.98 Å². The number of aromatic nitrogens is 3. The fourth-order valence-corrected chi connectivity index (χ4v) is 2.38. The van der Waals surface area contributed by atoms with Gasteiger partial charge in [0, 0.05) is 13.2 Å². The fourth-order valence-electron chi connectivity index (χ4n) is 2.38. The fraction of sp³-hybridized carbons (Fsp3) is 0.400. The Balaban J connectivity index is 1.82. The third-order valence-electron chi connectivity index (χ3n) is 3.68. The minimum Gasteiger partial charge on any atom is -0.342 e. The summed E-state index contributed by atoms with van der Waals surface area (Å²) in [4.78, 5) is 20.7. The highest BCUT2D eigenvalue weighted by molar-refractivity contribution is 5.92. The third kappa shape index (κ3) is 2.57. The van der Waals surface area contributed by atoms with Crippen LogP contribution in [0.3, 0.4) is 0 Å². The molecule has 2 aromatic heterocycles. The molecule has 1 atom stereocenters. The van der Waals surface area contributed by atoms with Crippen LogP contribution in [0.4, 0.5) is 0 Å². The molecule has 1 aliphatic carbocycles. The van der Waals surface area contributed by atoms with Gasteiger partial charge >= 0.3 is 0 Å². The molecule has 2 aromatic rings. The molecule has 1 amide bonds. The van der Waals surface area contributed by atoms with Crippen molar-refractivity contribution in [3.63, 3.8) is 0 Å². The van der Waals surface area contributed by atoms with E-state index in [-0.39, 0.29) is 11.9 Å². The van der Waals surface area contributed by atoms with Crippen LogP contribution in [-0.4, -0.2) is 20.4 Å².